The molecule has 0 bridgehead atoms. The molecule has 3 rings (SSSR count). The molecule has 0 atom stereocenters. The van der Waals surface area contributed by atoms with E-state index in [9.17, 15) is 4.79 Å². The number of pyridine rings is 1. The monoisotopic (exact) mass is 318 g/mol. The van der Waals surface area contributed by atoms with E-state index in [1.54, 1.807) is 6.20 Å². The van der Waals surface area contributed by atoms with Crippen LogP contribution in [0.3, 0.4) is 0 Å². The number of rotatable bonds is 3. The fourth-order valence-electron chi connectivity index (χ4n) is 2.21. The van der Waals surface area contributed by atoms with Crippen molar-refractivity contribution in [2.75, 3.05) is 23.3 Å². The highest BCUT2D eigenvalue weighted by molar-refractivity contribution is 5.99. The molecule has 1 saturated carbocycles. The summed E-state index contributed by atoms with van der Waals surface area (Å²) < 4.78 is 0. The van der Waals surface area contributed by atoms with Crippen LogP contribution in [-0.4, -0.2) is 29.5 Å². The Morgan fingerprint density at radius 3 is 2.40 bits per heavy atom. The minimum Gasteiger partial charge on any atom is -0.357 e. The number of anilines is 2. The smallest absolute Gasteiger partial charge is 0.244 e. The third kappa shape index (κ3) is 3.53. The van der Waals surface area contributed by atoms with Gasteiger partial charge >= 0.3 is 0 Å². The second kappa shape index (κ2) is 6.61. The summed E-state index contributed by atoms with van der Waals surface area (Å²) >= 11 is 0. The minimum atomic E-state index is -0.631. The predicted octanol–water partition coefficient (Wildman–Crippen LogP) is 1.96. The van der Waals surface area contributed by atoms with Crippen molar-refractivity contribution in [2.45, 2.75) is 31.2 Å². The second-order valence-corrected chi connectivity index (χ2v) is 5.21. The van der Waals surface area contributed by atoms with E-state index in [0.29, 0.717) is 0 Å². The van der Waals surface area contributed by atoms with Crippen molar-refractivity contribution in [3.8, 4) is 0 Å². The molecule has 1 aromatic rings. The topological polar surface area (TPSA) is 71.2 Å². The fourth-order valence-corrected chi connectivity index (χ4v) is 2.21. The van der Waals surface area contributed by atoms with Gasteiger partial charge in [0.15, 0.2) is 0 Å². The highest BCUT2D eigenvalue weighted by atomic mass is 35.5. The Morgan fingerprint density at radius 2 is 1.90 bits per heavy atom. The molecule has 0 unspecified atom stereocenters. The SMILES string of the molecule is Cl.Cl.NC1(C(=O)Nc2ccc(N3CCCC3)nc2)CC1. The first-order chi connectivity index (χ1) is 8.67. The quantitative estimate of drug-likeness (QED) is 0.893. The number of amides is 1. The number of carbonyl (C=O) groups is 1. The van der Waals surface area contributed by atoms with E-state index < -0.39 is 5.54 Å². The maximum Gasteiger partial charge on any atom is 0.244 e. The van der Waals surface area contributed by atoms with Crippen molar-refractivity contribution in [3.05, 3.63) is 18.3 Å². The lowest BCUT2D eigenvalue weighted by Crippen LogP contribution is -2.37. The van der Waals surface area contributed by atoms with Crippen molar-refractivity contribution in [1.29, 1.82) is 0 Å². The number of carbonyl (C=O) groups excluding carboxylic acids is 1. The van der Waals surface area contributed by atoms with Crippen LogP contribution in [0.2, 0.25) is 0 Å². The third-order valence-electron chi connectivity index (χ3n) is 3.68. The van der Waals surface area contributed by atoms with Crippen molar-refractivity contribution in [1.82, 2.24) is 4.98 Å². The molecular formula is C13H20Cl2N4O. The van der Waals surface area contributed by atoms with Crippen LogP contribution in [-0.2, 0) is 4.79 Å². The summed E-state index contributed by atoms with van der Waals surface area (Å²) in [6.07, 6.45) is 5.72. The van der Waals surface area contributed by atoms with Gasteiger partial charge in [-0.3, -0.25) is 4.79 Å². The Labute approximate surface area is 131 Å². The summed E-state index contributed by atoms with van der Waals surface area (Å²) in [5.41, 5.74) is 5.92. The van der Waals surface area contributed by atoms with Crippen LogP contribution < -0.4 is 16.0 Å². The molecule has 0 spiro atoms. The van der Waals surface area contributed by atoms with Crippen LogP contribution >= 0.6 is 24.8 Å². The maximum atomic E-state index is 11.8. The maximum absolute atomic E-state index is 11.8. The standard InChI is InChI=1S/C13H18N4O.2ClH/c14-13(5-6-13)12(18)16-10-3-4-11(15-9-10)17-7-1-2-8-17;;/h3-4,9H,1-2,5-8,14H2,(H,16,18);2*1H. The molecule has 7 heteroatoms. The molecule has 1 aliphatic carbocycles. The van der Waals surface area contributed by atoms with E-state index in [-0.39, 0.29) is 30.7 Å². The zero-order valence-electron chi connectivity index (χ0n) is 11.2. The molecule has 0 aromatic carbocycles. The summed E-state index contributed by atoms with van der Waals surface area (Å²) in [4.78, 5) is 18.4. The van der Waals surface area contributed by atoms with Gasteiger partial charge in [-0.1, -0.05) is 0 Å². The summed E-state index contributed by atoms with van der Waals surface area (Å²) in [6, 6.07) is 3.85. The fraction of sp³-hybridized carbons (Fsp3) is 0.538. The van der Waals surface area contributed by atoms with Gasteiger partial charge in [0.1, 0.15) is 5.82 Å². The first-order valence-corrected chi connectivity index (χ1v) is 6.49. The van der Waals surface area contributed by atoms with Gasteiger partial charge in [-0.15, -0.1) is 24.8 Å². The van der Waals surface area contributed by atoms with E-state index in [2.05, 4.69) is 15.2 Å². The number of nitrogens with one attached hydrogen (secondary N) is 1. The lowest BCUT2D eigenvalue weighted by atomic mass is 10.2. The van der Waals surface area contributed by atoms with Crippen LogP contribution in [0, 0.1) is 0 Å². The molecule has 2 heterocycles. The first kappa shape index (κ1) is 17.0. The Balaban J connectivity index is 0.000001000. The van der Waals surface area contributed by atoms with Gasteiger partial charge in [-0.2, -0.15) is 0 Å². The van der Waals surface area contributed by atoms with Crippen LogP contribution in [0.15, 0.2) is 18.3 Å². The molecule has 5 nitrogen and oxygen atoms in total. The van der Waals surface area contributed by atoms with Gasteiger partial charge in [0.2, 0.25) is 5.91 Å². The molecule has 1 amide bonds. The lowest BCUT2D eigenvalue weighted by molar-refractivity contribution is -0.118. The minimum absolute atomic E-state index is 0. The summed E-state index contributed by atoms with van der Waals surface area (Å²) in [5, 5.41) is 2.82. The molecule has 1 saturated heterocycles. The van der Waals surface area contributed by atoms with Crippen molar-refractivity contribution < 1.29 is 4.79 Å². The van der Waals surface area contributed by atoms with Gasteiger partial charge in [-0.05, 0) is 37.8 Å². The number of hydrogen-bond acceptors (Lipinski definition) is 4. The zero-order chi connectivity index (χ0) is 12.6. The van der Waals surface area contributed by atoms with Gasteiger partial charge < -0.3 is 16.0 Å². The number of nitrogens with zero attached hydrogens (tertiary/aromatic N) is 2. The van der Waals surface area contributed by atoms with Crippen molar-refractivity contribution in [2.24, 2.45) is 5.73 Å². The van der Waals surface area contributed by atoms with E-state index in [0.717, 1.165) is 37.4 Å². The number of hydrogen-bond donors (Lipinski definition) is 2. The third-order valence-corrected chi connectivity index (χ3v) is 3.68. The normalized spacial score (nSPS) is 18.8. The Morgan fingerprint density at radius 1 is 1.25 bits per heavy atom. The number of halogens is 2. The molecule has 1 aliphatic heterocycles. The Hall–Kier alpha value is -1.04. The van der Waals surface area contributed by atoms with E-state index >= 15 is 0 Å². The molecular weight excluding hydrogens is 299 g/mol. The number of aromatic nitrogens is 1. The Kier molecular flexibility index (Phi) is 5.62. The van der Waals surface area contributed by atoms with Crippen molar-refractivity contribution in [3.63, 3.8) is 0 Å². The van der Waals surface area contributed by atoms with E-state index in [1.165, 1.54) is 12.8 Å². The molecule has 2 aliphatic rings. The van der Waals surface area contributed by atoms with Crippen LogP contribution in [0.1, 0.15) is 25.7 Å². The molecule has 3 N–H and O–H groups in total. The van der Waals surface area contributed by atoms with E-state index in [1.807, 2.05) is 12.1 Å². The molecule has 20 heavy (non-hydrogen) atoms. The van der Waals surface area contributed by atoms with Crippen LogP contribution in [0.5, 0.6) is 0 Å². The van der Waals surface area contributed by atoms with Gasteiger partial charge in [0.05, 0.1) is 17.4 Å². The molecule has 1 aromatic heterocycles. The second-order valence-electron chi connectivity index (χ2n) is 5.21. The van der Waals surface area contributed by atoms with Crippen molar-refractivity contribution >= 4 is 42.2 Å². The largest absolute Gasteiger partial charge is 0.357 e. The highest BCUT2D eigenvalue weighted by Gasteiger charge is 2.45. The molecule has 0 radical (unpaired) electrons. The zero-order valence-corrected chi connectivity index (χ0v) is 12.8. The highest BCUT2D eigenvalue weighted by Crippen LogP contribution is 2.33. The van der Waals surface area contributed by atoms with E-state index in [4.69, 9.17) is 5.73 Å². The summed E-state index contributed by atoms with van der Waals surface area (Å²) in [7, 11) is 0. The molecule has 2 fully saturated rings. The first-order valence-electron chi connectivity index (χ1n) is 6.49. The van der Waals surface area contributed by atoms with Gasteiger partial charge in [0, 0.05) is 13.1 Å². The summed E-state index contributed by atoms with van der Waals surface area (Å²) in [5.74, 6) is 0.887. The summed E-state index contributed by atoms with van der Waals surface area (Å²) in [6.45, 7) is 2.15. The average Bonchev–Trinajstić information content (AvgIpc) is 2.94. The van der Waals surface area contributed by atoms with Crippen LogP contribution in [0.25, 0.3) is 0 Å². The Bertz CT molecular complexity index is 456. The van der Waals surface area contributed by atoms with Gasteiger partial charge in [0.25, 0.3) is 0 Å². The molecule has 112 valence electrons. The predicted molar refractivity (Wildman–Crippen MR) is 85.0 cm³/mol. The lowest BCUT2D eigenvalue weighted by Gasteiger charge is -2.16. The average molecular weight is 319 g/mol. The number of nitrogens with two attached hydrogens (primary N) is 1. The van der Waals surface area contributed by atoms with Crippen LogP contribution in [0.4, 0.5) is 11.5 Å². The van der Waals surface area contributed by atoms with Gasteiger partial charge in [-0.25, -0.2) is 4.98 Å².